The largest absolute Gasteiger partial charge is 0.497 e. The number of hydrogen-bond donors (Lipinski definition) is 2. The number of amides is 4. The number of benzene rings is 5. The average molecular weight is 784 g/mol. The van der Waals surface area contributed by atoms with E-state index < -0.39 is 24.4 Å². The van der Waals surface area contributed by atoms with Crippen LogP contribution < -0.4 is 39.7 Å². The van der Waals surface area contributed by atoms with Crippen molar-refractivity contribution >= 4 is 92.7 Å². The topological polar surface area (TPSA) is 89.6 Å². The number of anilines is 4. The highest BCUT2D eigenvalue weighted by molar-refractivity contribution is 7.80. The summed E-state index contributed by atoms with van der Waals surface area (Å²) in [5.74, 6) is 1.34. The zero-order valence-electron chi connectivity index (χ0n) is 28.6. The van der Waals surface area contributed by atoms with E-state index in [1.54, 1.807) is 84.7 Å². The molecule has 4 amide bonds. The molecule has 0 aliphatic carbocycles. The van der Waals surface area contributed by atoms with Crippen molar-refractivity contribution in [1.29, 1.82) is 0 Å². The van der Waals surface area contributed by atoms with Crippen LogP contribution in [0.15, 0.2) is 115 Å². The summed E-state index contributed by atoms with van der Waals surface area (Å²) in [4.78, 5) is 35.4. The van der Waals surface area contributed by atoms with Crippen molar-refractivity contribution in [3.8, 4) is 11.5 Å². The molecular formula is C39H32Cl2N6O4S2. The maximum absolute atomic E-state index is 14.7. The Morgan fingerprint density at radius 2 is 1.04 bits per heavy atom. The second-order valence-electron chi connectivity index (χ2n) is 12.2. The van der Waals surface area contributed by atoms with Crippen LogP contribution in [-0.2, 0) is 0 Å². The summed E-state index contributed by atoms with van der Waals surface area (Å²) in [6.07, 6.45) is -1.33. The average Bonchev–Trinajstić information content (AvgIpc) is 3.15. The van der Waals surface area contributed by atoms with Crippen molar-refractivity contribution < 1.29 is 19.1 Å². The van der Waals surface area contributed by atoms with Crippen LogP contribution in [0.4, 0.5) is 32.3 Å². The van der Waals surface area contributed by atoms with Gasteiger partial charge in [-0.3, -0.25) is 9.80 Å². The number of halogens is 2. The standard InChI is InChI=1S/C39H32Cl2N6O4S2/c1-23-10-15-30(46-36(52)42-34(24-11-16-31(50-2)17-12-24)44(38(46)48)28-8-4-6-26(40)20-28)22-33(23)47-37(53)43-35(25-13-18-32(51-3)19-14-25)45(39(47)49)29-9-5-7-27(41)21-29/h4-22,34-35H,1-3H3,(H,42,52)(H,43,53). The molecule has 0 saturated carbocycles. The van der Waals surface area contributed by atoms with Crippen molar-refractivity contribution in [2.45, 2.75) is 19.3 Å². The number of rotatable bonds is 8. The molecule has 2 atom stereocenters. The fraction of sp³-hybridized carbons (Fsp3) is 0.128. The van der Waals surface area contributed by atoms with Crippen molar-refractivity contribution in [1.82, 2.24) is 10.6 Å². The summed E-state index contributed by atoms with van der Waals surface area (Å²) in [5.41, 5.74) is 4.24. The SMILES string of the molecule is COc1ccc(C2NC(=S)N(c3ccc(C)c(N4C(=O)N(c5cccc(Cl)c5)C(c5ccc(OC)cc5)NC4=S)c3)C(=O)N2c2cccc(Cl)c2)cc1. The van der Waals surface area contributed by atoms with E-state index in [2.05, 4.69) is 10.6 Å². The smallest absolute Gasteiger partial charge is 0.337 e. The fourth-order valence-corrected chi connectivity index (χ4v) is 7.28. The molecule has 5 aromatic carbocycles. The van der Waals surface area contributed by atoms with E-state index in [1.807, 2.05) is 61.5 Å². The highest BCUT2D eigenvalue weighted by atomic mass is 35.5. The molecule has 14 heteroatoms. The molecule has 2 saturated heterocycles. The molecule has 2 fully saturated rings. The maximum atomic E-state index is 14.7. The molecule has 5 aromatic rings. The Morgan fingerprint density at radius 3 is 1.49 bits per heavy atom. The van der Waals surface area contributed by atoms with Crippen LogP contribution in [0.3, 0.4) is 0 Å². The van der Waals surface area contributed by atoms with Crippen LogP contribution in [-0.4, -0.2) is 36.5 Å². The maximum Gasteiger partial charge on any atom is 0.337 e. The Morgan fingerprint density at radius 1 is 0.585 bits per heavy atom. The second kappa shape index (κ2) is 14.9. The van der Waals surface area contributed by atoms with Gasteiger partial charge in [0.2, 0.25) is 0 Å². The minimum atomic E-state index is -0.666. The van der Waals surface area contributed by atoms with Gasteiger partial charge in [-0.25, -0.2) is 19.4 Å². The van der Waals surface area contributed by atoms with Gasteiger partial charge in [0, 0.05) is 21.4 Å². The number of urea groups is 2. The molecular weight excluding hydrogens is 752 g/mol. The molecule has 2 heterocycles. The zero-order valence-corrected chi connectivity index (χ0v) is 31.8. The predicted molar refractivity (Wildman–Crippen MR) is 218 cm³/mol. The highest BCUT2D eigenvalue weighted by Gasteiger charge is 2.42. The van der Waals surface area contributed by atoms with Gasteiger partial charge in [-0.2, -0.15) is 0 Å². The minimum Gasteiger partial charge on any atom is -0.497 e. The van der Waals surface area contributed by atoms with Crippen LogP contribution in [0.25, 0.3) is 0 Å². The quantitative estimate of drug-likeness (QED) is 0.151. The number of thiocarbonyl (C=S) groups is 2. The molecule has 0 bridgehead atoms. The number of hydrogen-bond acceptors (Lipinski definition) is 6. The van der Waals surface area contributed by atoms with Gasteiger partial charge in [-0.15, -0.1) is 0 Å². The lowest BCUT2D eigenvalue weighted by Crippen LogP contribution is -2.62. The monoisotopic (exact) mass is 782 g/mol. The van der Waals surface area contributed by atoms with Gasteiger partial charge in [0.15, 0.2) is 10.2 Å². The summed E-state index contributed by atoms with van der Waals surface area (Å²) >= 11 is 24.6. The summed E-state index contributed by atoms with van der Waals surface area (Å²) in [6, 6.07) is 33.3. The number of aryl methyl sites for hydroxylation is 1. The lowest BCUT2D eigenvalue weighted by atomic mass is 10.1. The number of ether oxygens (including phenoxy) is 2. The first kappa shape index (κ1) is 36.0. The lowest BCUT2D eigenvalue weighted by molar-refractivity contribution is 0.248. The van der Waals surface area contributed by atoms with E-state index in [0.29, 0.717) is 44.3 Å². The Hall–Kier alpha value is -5.40. The number of methoxy groups -OCH3 is 2. The summed E-state index contributed by atoms with van der Waals surface area (Å²) < 4.78 is 10.7. The van der Waals surface area contributed by atoms with Gasteiger partial charge in [0.05, 0.1) is 25.6 Å². The van der Waals surface area contributed by atoms with Gasteiger partial charge in [0.1, 0.15) is 23.8 Å². The van der Waals surface area contributed by atoms with Gasteiger partial charge < -0.3 is 20.1 Å². The van der Waals surface area contributed by atoms with Gasteiger partial charge in [0.25, 0.3) is 0 Å². The van der Waals surface area contributed by atoms with Crippen molar-refractivity contribution in [3.05, 3.63) is 142 Å². The summed E-state index contributed by atoms with van der Waals surface area (Å²) in [5, 5.41) is 7.95. The molecule has 2 N–H and O–H groups in total. The van der Waals surface area contributed by atoms with E-state index in [1.165, 1.54) is 9.80 Å². The Labute approximate surface area is 327 Å². The highest BCUT2D eigenvalue weighted by Crippen LogP contribution is 2.39. The first-order chi connectivity index (χ1) is 25.6. The molecule has 0 aromatic heterocycles. The first-order valence-electron chi connectivity index (χ1n) is 16.3. The minimum absolute atomic E-state index is 0.162. The van der Waals surface area contributed by atoms with Crippen LogP contribution in [0.5, 0.6) is 11.5 Å². The fourth-order valence-electron chi connectivity index (χ4n) is 6.33. The Bertz CT molecular complexity index is 2240. The van der Waals surface area contributed by atoms with E-state index in [4.69, 9.17) is 57.1 Å². The third-order valence-electron chi connectivity index (χ3n) is 8.97. The van der Waals surface area contributed by atoms with E-state index >= 15 is 0 Å². The predicted octanol–water partition coefficient (Wildman–Crippen LogP) is 9.36. The third-order valence-corrected chi connectivity index (χ3v) is 10.0. The van der Waals surface area contributed by atoms with Crippen molar-refractivity contribution in [2.75, 3.05) is 33.8 Å². The summed E-state index contributed by atoms with van der Waals surface area (Å²) in [6.45, 7) is 1.86. The van der Waals surface area contributed by atoms with Crippen LogP contribution in [0.2, 0.25) is 10.0 Å². The molecule has 7 rings (SSSR count). The van der Waals surface area contributed by atoms with Gasteiger partial charge >= 0.3 is 12.1 Å². The van der Waals surface area contributed by atoms with Gasteiger partial charge in [-0.05, 0) is 121 Å². The van der Waals surface area contributed by atoms with E-state index in [9.17, 15) is 9.59 Å². The molecule has 0 radical (unpaired) electrons. The first-order valence-corrected chi connectivity index (χ1v) is 17.9. The van der Waals surface area contributed by atoms with E-state index in [0.717, 1.165) is 16.7 Å². The number of carbonyl (C=O) groups is 2. The molecule has 2 aliphatic rings. The third kappa shape index (κ3) is 6.94. The second-order valence-corrected chi connectivity index (χ2v) is 13.8. The molecule has 53 heavy (non-hydrogen) atoms. The number of carbonyl (C=O) groups excluding carboxylic acids is 2. The Balaban J connectivity index is 1.28. The molecule has 10 nitrogen and oxygen atoms in total. The number of nitrogens with zero attached hydrogens (tertiary/aromatic N) is 4. The molecule has 2 aliphatic heterocycles. The van der Waals surface area contributed by atoms with Gasteiger partial charge in [-0.1, -0.05) is 65.7 Å². The van der Waals surface area contributed by atoms with E-state index in [-0.39, 0.29) is 10.2 Å². The lowest BCUT2D eigenvalue weighted by Gasteiger charge is -2.44. The van der Waals surface area contributed by atoms with Crippen molar-refractivity contribution in [3.63, 3.8) is 0 Å². The van der Waals surface area contributed by atoms with Crippen LogP contribution in [0, 0.1) is 6.92 Å². The summed E-state index contributed by atoms with van der Waals surface area (Å²) in [7, 11) is 3.18. The molecule has 0 spiro atoms. The molecule has 268 valence electrons. The molecule has 2 unspecified atom stereocenters. The van der Waals surface area contributed by atoms with Crippen LogP contribution >= 0.6 is 47.6 Å². The number of nitrogens with one attached hydrogen (secondary N) is 2. The van der Waals surface area contributed by atoms with Crippen LogP contribution in [0.1, 0.15) is 29.0 Å². The Kier molecular flexibility index (Phi) is 10.1. The van der Waals surface area contributed by atoms with Crippen molar-refractivity contribution in [2.24, 2.45) is 0 Å². The normalized spacial score (nSPS) is 17.5. The zero-order chi connectivity index (χ0) is 37.4.